The lowest BCUT2D eigenvalue weighted by Crippen LogP contribution is -2.20. The zero-order valence-electron chi connectivity index (χ0n) is 8.98. The molecule has 0 fully saturated rings. The molecule has 0 amide bonds. The fourth-order valence-electron chi connectivity index (χ4n) is 1.59. The summed E-state index contributed by atoms with van der Waals surface area (Å²) in [5.41, 5.74) is -0.627. The SMILES string of the molecule is CCCCCCN1CCC(C(F)(F)F)=N1. The molecule has 15 heavy (non-hydrogen) atoms. The van der Waals surface area contributed by atoms with Crippen LogP contribution in [0.15, 0.2) is 5.10 Å². The Bertz CT molecular complexity index is 223. The number of halogens is 3. The summed E-state index contributed by atoms with van der Waals surface area (Å²) in [6.45, 7) is 3.18. The van der Waals surface area contributed by atoms with E-state index in [-0.39, 0.29) is 6.42 Å². The summed E-state index contributed by atoms with van der Waals surface area (Å²) in [6, 6.07) is 0. The summed E-state index contributed by atoms with van der Waals surface area (Å²) < 4.78 is 36.7. The largest absolute Gasteiger partial charge is 0.431 e. The van der Waals surface area contributed by atoms with Gasteiger partial charge in [0.1, 0.15) is 5.71 Å². The van der Waals surface area contributed by atoms with Crippen LogP contribution in [0.4, 0.5) is 13.2 Å². The predicted molar refractivity (Wildman–Crippen MR) is 53.8 cm³/mol. The van der Waals surface area contributed by atoms with Crippen molar-refractivity contribution in [1.82, 2.24) is 5.01 Å². The molecule has 1 aliphatic rings. The monoisotopic (exact) mass is 222 g/mol. The average molecular weight is 222 g/mol. The first kappa shape index (κ1) is 12.3. The standard InChI is InChI=1S/C10H17F3N2/c1-2-3-4-5-7-15-8-6-9(14-15)10(11,12)13/h2-8H2,1H3. The van der Waals surface area contributed by atoms with Gasteiger partial charge in [-0.15, -0.1) is 0 Å². The summed E-state index contributed by atoms with van der Waals surface area (Å²) in [7, 11) is 0. The minimum absolute atomic E-state index is 0.0390. The van der Waals surface area contributed by atoms with Crippen LogP contribution in [-0.4, -0.2) is 30.0 Å². The third-order valence-electron chi connectivity index (χ3n) is 2.47. The maximum Gasteiger partial charge on any atom is 0.431 e. The highest BCUT2D eigenvalue weighted by Gasteiger charge is 2.38. The van der Waals surface area contributed by atoms with Crippen LogP contribution in [-0.2, 0) is 0 Å². The molecule has 0 aromatic carbocycles. The van der Waals surface area contributed by atoms with Crippen molar-refractivity contribution in [1.29, 1.82) is 0 Å². The first-order chi connectivity index (χ1) is 7.04. The number of hydrazone groups is 1. The van der Waals surface area contributed by atoms with E-state index in [0.717, 1.165) is 25.7 Å². The van der Waals surface area contributed by atoms with Crippen molar-refractivity contribution < 1.29 is 13.2 Å². The Labute approximate surface area is 88.1 Å². The molecule has 2 nitrogen and oxygen atoms in total. The van der Waals surface area contributed by atoms with Gasteiger partial charge in [0.25, 0.3) is 0 Å². The Morgan fingerprint density at radius 1 is 1.27 bits per heavy atom. The third-order valence-corrected chi connectivity index (χ3v) is 2.47. The van der Waals surface area contributed by atoms with E-state index >= 15 is 0 Å². The van der Waals surface area contributed by atoms with E-state index in [0.29, 0.717) is 13.1 Å². The van der Waals surface area contributed by atoms with Crippen LogP contribution in [0, 0.1) is 0 Å². The molecule has 0 radical (unpaired) electrons. The quantitative estimate of drug-likeness (QED) is 0.652. The van der Waals surface area contributed by atoms with Crippen LogP contribution in [0.5, 0.6) is 0 Å². The summed E-state index contributed by atoms with van der Waals surface area (Å²) in [5, 5.41) is 5.12. The van der Waals surface area contributed by atoms with E-state index < -0.39 is 11.9 Å². The zero-order chi connectivity index (χ0) is 11.3. The Morgan fingerprint density at radius 3 is 2.53 bits per heavy atom. The van der Waals surface area contributed by atoms with Crippen molar-refractivity contribution in [2.75, 3.05) is 13.1 Å². The second-order valence-electron chi connectivity index (χ2n) is 3.81. The first-order valence-electron chi connectivity index (χ1n) is 5.43. The summed E-state index contributed by atoms with van der Waals surface area (Å²) in [6.07, 6.45) is 0.0859. The van der Waals surface area contributed by atoms with Gasteiger partial charge in [-0.25, -0.2) is 0 Å². The zero-order valence-corrected chi connectivity index (χ0v) is 8.98. The third kappa shape index (κ3) is 4.10. The van der Waals surface area contributed by atoms with Gasteiger partial charge in [0, 0.05) is 19.5 Å². The molecule has 0 atom stereocenters. The Morgan fingerprint density at radius 2 is 2.00 bits per heavy atom. The molecule has 5 heteroatoms. The summed E-state index contributed by atoms with van der Waals surface area (Å²) in [4.78, 5) is 0. The average Bonchev–Trinajstić information content (AvgIpc) is 2.60. The molecule has 0 N–H and O–H groups in total. The minimum atomic E-state index is -4.24. The van der Waals surface area contributed by atoms with Crippen molar-refractivity contribution >= 4 is 5.71 Å². The molecule has 0 aliphatic carbocycles. The molecule has 0 aromatic heterocycles. The second kappa shape index (κ2) is 5.37. The molecule has 88 valence electrons. The summed E-state index contributed by atoms with van der Waals surface area (Å²) in [5.74, 6) is 0. The first-order valence-corrected chi connectivity index (χ1v) is 5.43. The van der Waals surface area contributed by atoms with Gasteiger partial charge in [-0.1, -0.05) is 26.2 Å². The van der Waals surface area contributed by atoms with Crippen molar-refractivity contribution in [2.45, 2.75) is 45.2 Å². The Hall–Kier alpha value is -0.740. The highest BCUT2D eigenvalue weighted by molar-refractivity contribution is 5.90. The van der Waals surface area contributed by atoms with Crippen molar-refractivity contribution in [2.24, 2.45) is 5.10 Å². The molecular formula is C10H17F3N2. The highest BCUT2D eigenvalue weighted by atomic mass is 19.4. The van der Waals surface area contributed by atoms with Gasteiger partial charge in [0.2, 0.25) is 0 Å². The van der Waals surface area contributed by atoms with Gasteiger partial charge >= 0.3 is 6.18 Å². The van der Waals surface area contributed by atoms with Gasteiger partial charge in [0.15, 0.2) is 0 Å². The van der Waals surface area contributed by atoms with E-state index in [9.17, 15) is 13.2 Å². The van der Waals surface area contributed by atoms with E-state index in [2.05, 4.69) is 12.0 Å². The van der Waals surface area contributed by atoms with Crippen molar-refractivity contribution in [3.05, 3.63) is 0 Å². The molecule has 0 spiro atoms. The van der Waals surface area contributed by atoms with Gasteiger partial charge in [-0.2, -0.15) is 18.3 Å². The number of hydrogen-bond donors (Lipinski definition) is 0. The lowest BCUT2D eigenvalue weighted by Gasteiger charge is -2.12. The number of unbranched alkanes of at least 4 members (excludes halogenated alkanes) is 3. The maximum absolute atomic E-state index is 12.2. The van der Waals surface area contributed by atoms with E-state index in [1.165, 1.54) is 0 Å². The number of alkyl halides is 3. The van der Waals surface area contributed by atoms with Gasteiger partial charge in [-0.3, -0.25) is 5.01 Å². The molecule has 0 saturated heterocycles. The number of hydrogen-bond acceptors (Lipinski definition) is 2. The summed E-state index contributed by atoms with van der Waals surface area (Å²) >= 11 is 0. The lowest BCUT2D eigenvalue weighted by atomic mass is 10.2. The molecule has 0 bridgehead atoms. The Balaban J connectivity index is 2.26. The van der Waals surface area contributed by atoms with Crippen molar-refractivity contribution in [3.8, 4) is 0 Å². The molecule has 0 unspecified atom stereocenters. The number of nitrogens with zero attached hydrogens (tertiary/aromatic N) is 2. The maximum atomic E-state index is 12.2. The molecule has 0 saturated carbocycles. The fraction of sp³-hybridized carbons (Fsp3) is 0.900. The van der Waals surface area contributed by atoms with Crippen LogP contribution in [0.2, 0.25) is 0 Å². The van der Waals surface area contributed by atoms with Gasteiger partial charge < -0.3 is 0 Å². The van der Waals surface area contributed by atoms with E-state index in [1.54, 1.807) is 5.01 Å². The smallest absolute Gasteiger partial charge is 0.296 e. The van der Waals surface area contributed by atoms with Gasteiger partial charge in [-0.05, 0) is 6.42 Å². The predicted octanol–water partition coefficient (Wildman–Crippen LogP) is 3.19. The van der Waals surface area contributed by atoms with Crippen molar-refractivity contribution in [3.63, 3.8) is 0 Å². The highest BCUT2D eigenvalue weighted by Crippen LogP contribution is 2.23. The molecule has 1 rings (SSSR count). The normalized spacial score (nSPS) is 17.1. The molecule has 1 heterocycles. The van der Waals surface area contributed by atoms with Crippen LogP contribution in [0.3, 0.4) is 0 Å². The number of rotatable bonds is 5. The molecule has 0 aromatic rings. The topological polar surface area (TPSA) is 15.6 Å². The van der Waals surface area contributed by atoms with Crippen LogP contribution in [0.25, 0.3) is 0 Å². The van der Waals surface area contributed by atoms with E-state index in [4.69, 9.17) is 0 Å². The van der Waals surface area contributed by atoms with Crippen LogP contribution >= 0.6 is 0 Å². The van der Waals surface area contributed by atoms with Crippen LogP contribution in [0.1, 0.15) is 39.0 Å². The van der Waals surface area contributed by atoms with E-state index in [1.807, 2.05) is 0 Å². The molecule has 1 aliphatic heterocycles. The lowest BCUT2D eigenvalue weighted by molar-refractivity contribution is -0.0600. The second-order valence-corrected chi connectivity index (χ2v) is 3.81. The fourth-order valence-corrected chi connectivity index (χ4v) is 1.59. The minimum Gasteiger partial charge on any atom is -0.296 e. The van der Waals surface area contributed by atoms with Crippen LogP contribution < -0.4 is 0 Å². The van der Waals surface area contributed by atoms with Gasteiger partial charge in [0.05, 0.1) is 0 Å². The Kier molecular flexibility index (Phi) is 4.42. The molecular weight excluding hydrogens is 205 g/mol.